The second kappa shape index (κ2) is 12.6. The summed E-state index contributed by atoms with van der Waals surface area (Å²) >= 11 is 1.88. The fraction of sp³-hybridized carbons (Fsp3) is 0.172. The summed E-state index contributed by atoms with van der Waals surface area (Å²) in [6, 6.07) is 61.6. The Labute approximate surface area is 362 Å². The van der Waals surface area contributed by atoms with E-state index in [9.17, 15) is 0 Å². The van der Waals surface area contributed by atoms with Gasteiger partial charge in [-0.25, -0.2) is 0 Å². The highest BCUT2D eigenvalue weighted by molar-refractivity contribution is 7.25. The Morgan fingerprint density at radius 1 is 0.475 bits per heavy atom. The van der Waals surface area contributed by atoms with E-state index >= 15 is 0 Å². The van der Waals surface area contributed by atoms with Gasteiger partial charge in [0.15, 0.2) is 0 Å². The highest BCUT2D eigenvalue weighted by atomic mass is 32.1. The highest BCUT2D eigenvalue weighted by Gasteiger charge is 2.50. The first-order valence-electron chi connectivity index (χ1n) is 21.7. The molecule has 0 radical (unpaired) electrons. The van der Waals surface area contributed by atoms with Crippen LogP contribution in [0.25, 0.3) is 69.9 Å². The zero-order valence-corrected chi connectivity index (χ0v) is 36.7. The van der Waals surface area contributed by atoms with Gasteiger partial charge in [-0.15, -0.1) is 11.3 Å². The number of benzene rings is 8. The number of anilines is 3. The number of thiophene rings is 1. The molecule has 12 rings (SSSR count). The first-order chi connectivity index (χ1) is 29.4. The maximum absolute atomic E-state index is 2.67. The van der Waals surface area contributed by atoms with E-state index in [0.717, 1.165) is 5.69 Å². The Balaban J connectivity index is 1.27. The van der Waals surface area contributed by atoms with Gasteiger partial charge in [0, 0.05) is 58.8 Å². The molecule has 0 N–H and O–H groups in total. The molecule has 296 valence electrons. The van der Waals surface area contributed by atoms with Gasteiger partial charge in [0.1, 0.15) is 0 Å². The van der Waals surface area contributed by atoms with Gasteiger partial charge < -0.3 is 9.47 Å². The quantitative estimate of drug-likeness (QED) is 0.172. The van der Waals surface area contributed by atoms with Crippen molar-refractivity contribution < 1.29 is 0 Å². The fourth-order valence-electron chi connectivity index (χ4n) is 11.4. The van der Waals surface area contributed by atoms with Crippen molar-refractivity contribution in [2.24, 2.45) is 0 Å². The number of hydrogen-bond donors (Lipinski definition) is 0. The average molecular weight is 805 g/mol. The molecule has 2 aliphatic rings. The molecule has 0 atom stereocenters. The van der Waals surface area contributed by atoms with Crippen molar-refractivity contribution in [3.63, 3.8) is 0 Å². The third kappa shape index (κ3) is 4.96. The molecule has 3 heteroatoms. The molecule has 0 fully saturated rings. The van der Waals surface area contributed by atoms with E-state index in [1.54, 1.807) is 0 Å². The molecule has 61 heavy (non-hydrogen) atoms. The van der Waals surface area contributed by atoms with Crippen molar-refractivity contribution in [1.82, 2.24) is 4.57 Å². The first kappa shape index (κ1) is 36.4. The van der Waals surface area contributed by atoms with Crippen molar-refractivity contribution >= 4 is 70.4 Å². The fourth-order valence-corrected chi connectivity index (χ4v) is 12.5. The molecule has 10 aromatic rings. The first-order valence-corrected chi connectivity index (χ1v) is 22.5. The molecule has 2 aliphatic carbocycles. The van der Waals surface area contributed by atoms with Gasteiger partial charge in [-0.1, -0.05) is 152 Å². The van der Waals surface area contributed by atoms with Gasteiger partial charge >= 0.3 is 0 Å². The lowest BCUT2D eigenvalue weighted by atomic mass is 9.71. The smallest absolute Gasteiger partial charge is 0.0556 e. The summed E-state index contributed by atoms with van der Waals surface area (Å²) in [5, 5.41) is 5.11. The third-order valence-corrected chi connectivity index (χ3v) is 15.1. The van der Waals surface area contributed by atoms with E-state index in [1.807, 2.05) is 11.3 Å². The van der Waals surface area contributed by atoms with Crippen LogP contribution in [0.4, 0.5) is 17.1 Å². The topological polar surface area (TPSA) is 8.17 Å². The summed E-state index contributed by atoms with van der Waals surface area (Å²) in [5.74, 6) is 0. The van der Waals surface area contributed by atoms with Crippen LogP contribution in [0.3, 0.4) is 0 Å². The minimum atomic E-state index is -0.286. The minimum Gasteiger partial charge on any atom is -0.310 e. The molecule has 0 saturated carbocycles. The van der Waals surface area contributed by atoms with Crippen molar-refractivity contribution in [3.8, 4) is 27.9 Å². The van der Waals surface area contributed by atoms with Crippen molar-refractivity contribution in [2.45, 2.75) is 64.7 Å². The zero-order valence-electron chi connectivity index (χ0n) is 35.9. The Bertz CT molecular complexity index is 3380. The van der Waals surface area contributed by atoms with Crippen LogP contribution in [-0.2, 0) is 16.2 Å². The second-order valence-corrected chi connectivity index (χ2v) is 20.4. The molecule has 0 amide bonds. The Kier molecular flexibility index (Phi) is 7.50. The molecule has 0 spiro atoms. The molecule has 0 bridgehead atoms. The Hall–Kier alpha value is -6.42. The van der Waals surface area contributed by atoms with Crippen molar-refractivity contribution in [1.29, 1.82) is 0 Å². The Morgan fingerprint density at radius 2 is 0.984 bits per heavy atom. The predicted molar refractivity (Wildman–Crippen MR) is 262 cm³/mol. The van der Waals surface area contributed by atoms with Gasteiger partial charge in [0.2, 0.25) is 0 Å². The maximum atomic E-state index is 2.67. The summed E-state index contributed by atoms with van der Waals surface area (Å²) in [4.78, 5) is 2.67. The zero-order chi connectivity index (χ0) is 41.6. The number of rotatable bonds is 4. The predicted octanol–water partition coefficient (Wildman–Crippen LogP) is 16.5. The third-order valence-electron chi connectivity index (χ3n) is 14.0. The van der Waals surface area contributed by atoms with E-state index < -0.39 is 0 Å². The summed E-state index contributed by atoms with van der Waals surface area (Å²) in [6.07, 6.45) is 0. The minimum absolute atomic E-state index is 0.134. The van der Waals surface area contributed by atoms with Crippen LogP contribution in [-0.4, -0.2) is 4.57 Å². The van der Waals surface area contributed by atoms with Crippen LogP contribution in [0.1, 0.15) is 76.3 Å². The lowest BCUT2D eigenvalue weighted by Crippen LogP contribution is -2.27. The number of hydrogen-bond acceptors (Lipinski definition) is 2. The molecule has 2 heterocycles. The van der Waals surface area contributed by atoms with E-state index in [2.05, 4.69) is 222 Å². The molecule has 0 unspecified atom stereocenters. The van der Waals surface area contributed by atoms with Crippen LogP contribution >= 0.6 is 11.3 Å². The number of aromatic nitrogens is 1. The van der Waals surface area contributed by atoms with Gasteiger partial charge in [-0.3, -0.25) is 0 Å². The molecule has 0 aliphatic heterocycles. The molecule has 2 aromatic heterocycles. The molecule has 8 aromatic carbocycles. The number of para-hydroxylation sites is 2. The monoisotopic (exact) mass is 804 g/mol. The molecular weight excluding hydrogens is 757 g/mol. The van der Waals surface area contributed by atoms with Crippen LogP contribution in [0.15, 0.2) is 164 Å². The van der Waals surface area contributed by atoms with E-state index in [-0.39, 0.29) is 16.2 Å². The standard InChI is InChI=1S/C58H48N2S/c1-56(2,3)52-50-40-23-11-15-25-44(40)57(4,5)53(50)55(54-51(52)41-24-12-16-26-45(41)58(54,6)7)59(37-30-32-49-43(34-37)39-22-14-18-28-48(39)61-49)36-29-31-47-42(33-36)38-21-13-17-27-46(38)60(47)35-19-9-8-10-20-35/h8-34H,1-7H3. The SMILES string of the molecule is CC(C)(C)c1c2c(c(N(c3ccc4sc5ccccc5c4c3)c3ccc4c(c3)c3ccccc3n4-c3ccccc3)c3c1-c1ccccc1C3(C)C)C(C)(C)c1ccccc1-2. The van der Waals surface area contributed by atoms with Crippen LogP contribution in [0.5, 0.6) is 0 Å². The van der Waals surface area contributed by atoms with Crippen LogP contribution < -0.4 is 4.90 Å². The van der Waals surface area contributed by atoms with Gasteiger partial charge in [-0.2, -0.15) is 0 Å². The van der Waals surface area contributed by atoms with Crippen molar-refractivity contribution in [2.75, 3.05) is 4.90 Å². The van der Waals surface area contributed by atoms with E-state index in [1.165, 1.54) is 109 Å². The summed E-state index contributed by atoms with van der Waals surface area (Å²) in [7, 11) is 0. The number of fused-ring (bicyclic) bond motifs is 12. The van der Waals surface area contributed by atoms with Crippen LogP contribution in [0.2, 0.25) is 0 Å². The highest BCUT2D eigenvalue weighted by Crippen LogP contribution is 2.66. The van der Waals surface area contributed by atoms with Gasteiger partial charge in [-0.05, 0) is 116 Å². The van der Waals surface area contributed by atoms with Gasteiger partial charge in [0.25, 0.3) is 0 Å². The van der Waals surface area contributed by atoms with Gasteiger partial charge in [0.05, 0.1) is 16.7 Å². The molecule has 2 nitrogen and oxygen atoms in total. The molecular formula is C58H48N2S. The van der Waals surface area contributed by atoms with E-state index in [4.69, 9.17) is 0 Å². The maximum Gasteiger partial charge on any atom is 0.0556 e. The van der Waals surface area contributed by atoms with Crippen molar-refractivity contribution in [3.05, 3.63) is 192 Å². The van der Waals surface area contributed by atoms with Crippen LogP contribution in [0, 0.1) is 0 Å². The summed E-state index contributed by atoms with van der Waals surface area (Å²) in [6.45, 7) is 17.2. The molecule has 0 saturated heterocycles. The lowest BCUT2D eigenvalue weighted by molar-refractivity contribution is 0.587. The lowest BCUT2D eigenvalue weighted by Gasteiger charge is -2.39. The van der Waals surface area contributed by atoms with E-state index in [0.29, 0.717) is 0 Å². The average Bonchev–Trinajstić information content (AvgIpc) is 3.94. The normalized spacial score (nSPS) is 14.7. The summed E-state index contributed by atoms with van der Waals surface area (Å²) in [5.41, 5.74) is 19.1. The summed E-state index contributed by atoms with van der Waals surface area (Å²) < 4.78 is 5.06. The number of nitrogens with zero attached hydrogens (tertiary/aromatic N) is 2. The Morgan fingerprint density at radius 3 is 1.64 bits per heavy atom. The second-order valence-electron chi connectivity index (χ2n) is 19.3. The largest absolute Gasteiger partial charge is 0.310 e.